The van der Waals surface area contributed by atoms with E-state index in [0.29, 0.717) is 5.78 Å². The number of carbonyl (C=O) groups excluding carboxylic acids is 1. The molecule has 0 unspecified atom stereocenters. The number of benzene rings is 1. The highest BCUT2D eigenvalue weighted by Gasteiger charge is 2.14. The predicted molar refractivity (Wildman–Crippen MR) is 91.1 cm³/mol. The molecule has 0 bridgehead atoms. The first kappa shape index (κ1) is 15.2. The van der Waals surface area contributed by atoms with Gasteiger partial charge in [-0.25, -0.2) is 9.97 Å². The number of hydrogen-bond donors (Lipinski definition) is 1. The zero-order valence-electron chi connectivity index (χ0n) is 13.4. The van der Waals surface area contributed by atoms with Crippen molar-refractivity contribution in [3.63, 3.8) is 0 Å². The van der Waals surface area contributed by atoms with Crippen molar-refractivity contribution in [2.45, 2.75) is 26.7 Å². The Kier molecular flexibility index (Phi) is 4.37. The third-order valence-corrected chi connectivity index (χ3v) is 4.02. The van der Waals surface area contributed by atoms with Crippen LogP contribution in [0.15, 0.2) is 48.9 Å². The van der Waals surface area contributed by atoms with Gasteiger partial charge >= 0.3 is 0 Å². The summed E-state index contributed by atoms with van der Waals surface area (Å²) in [5.41, 5.74) is 2.59. The van der Waals surface area contributed by atoms with Gasteiger partial charge in [0.2, 0.25) is 11.7 Å². The van der Waals surface area contributed by atoms with Gasteiger partial charge in [-0.1, -0.05) is 26.0 Å². The molecule has 0 aliphatic rings. The minimum Gasteiger partial charge on any atom is -0.326 e. The lowest BCUT2D eigenvalue weighted by atomic mass is 10.0. The van der Waals surface area contributed by atoms with Gasteiger partial charge in [-0.05, 0) is 31.0 Å². The lowest BCUT2D eigenvalue weighted by Gasteiger charge is -2.13. The van der Waals surface area contributed by atoms with Gasteiger partial charge in [-0.2, -0.15) is 0 Å². The highest BCUT2D eigenvalue weighted by Crippen LogP contribution is 2.22. The van der Waals surface area contributed by atoms with Gasteiger partial charge in [0.05, 0.1) is 5.69 Å². The summed E-state index contributed by atoms with van der Waals surface area (Å²) in [6.45, 7) is 4.07. The molecule has 0 fully saturated rings. The molecule has 1 N–H and O–H groups in total. The van der Waals surface area contributed by atoms with Crippen LogP contribution in [0.4, 0.5) is 5.69 Å². The maximum Gasteiger partial charge on any atom is 0.234 e. The molecule has 3 aromatic rings. The molecule has 1 aromatic carbocycles. The van der Waals surface area contributed by atoms with E-state index in [1.807, 2.05) is 61.0 Å². The number of aromatic nitrogens is 3. The Morgan fingerprint density at radius 2 is 2.09 bits per heavy atom. The van der Waals surface area contributed by atoms with Crippen LogP contribution in [0.1, 0.15) is 26.7 Å². The molecule has 0 aliphatic carbocycles. The number of nitrogens with zero attached hydrogens (tertiary/aromatic N) is 3. The first-order valence-corrected chi connectivity index (χ1v) is 7.92. The molecular weight excluding hydrogens is 288 g/mol. The molecule has 2 heterocycles. The van der Waals surface area contributed by atoms with Crippen LogP contribution in [0.5, 0.6) is 0 Å². The Hall–Kier alpha value is -2.69. The largest absolute Gasteiger partial charge is 0.326 e. The fourth-order valence-corrected chi connectivity index (χ4v) is 2.63. The predicted octanol–water partition coefficient (Wildman–Crippen LogP) is 3.77. The van der Waals surface area contributed by atoms with Crippen LogP contribution in [-0.4, -0.2) is 20.3 Å². The molecule has 0 radical (unpaired) electrons. The average Bonchev–Trinajstić information content (AvgIpc) is 3.00. The van der Waals surface area contributed by atoms with Gasteiger partial charge in [0.1, 0.15) is 0 Å². The second kappa shape index (κ2) is 6.60. The first-order chi connectivity index (χ1) is 11.2. The number of fused-ring (bicyclic) bond motifs is 1. The minimum atomic E-state index is 0.0538. The Morgan fingerprint density at radius 3 is 2.83 bits per heavy atom. The van der Waals surface area contributed by atoms with Crippen molar-refractivity contribution in [1.82, 2.24) is 14.4 Å². The number of imidazole rings is 1. The van der Waals surface area contributed by atoms with Gasteiger partial charge in [0, 0.05) is 35.8 Å². The van der Waals surface area contributed by atoms with Crippen molar-refractivity contribution in [3.05, 3.63) is 48.9 Å². The van der Waals surface area contributed by atoms with Crippen molar-refractivity contribution in [2.24, 2.45) is 5.92 Å². The molecule has 0 atom stereocenters. The van der Waals surface area contributed by atoms with Crippen molar-refractivity contribution < 1.29 is 4.79 Å². The van der Waals surface area contributed by atoms with E-state index in [9.17, 15) is 4.79 Å². The minimum absolute atomic E-state index is 0.0538. The molecule has 5 nitrogen and oxygen atoms in total. The number of amides is 1. The maximum atomic E-state index is 12.2. The fourth-order valence-electron chi connectivity index (χ4n) is 2.63. The number of rotatable bonds is 5. The zero-order valence-corrected chi connectivity index (χ0v) is 13.4. The van der Waals surface area contributed by atoms with E-state index in [0.717, 1.165) is 29.8 Å². The summed E-state index contributed by atoms with van der Waals surface area (Å²) in [5, 5.41) is 3.00. The second-order valence-electron chi connectivity index (χ2n) is 5.54. The Balaban J connectivity index is 1.86. The smallest absolute Gasteiger partial charge is 0.234 e. The summed E-state index contributed by atoms with van der Waals surface area (Å²) in [5.74, 6) is 0.788. The quantitative estimate of drug-likeness (QED) is 0.780. The van der Waals surface area contributed by atoms with Crippen LogP contribution >= 0.6 is 0 Å². The molecule has 0 aliphatic heterocycles. The molecule has 118 valence electrons. The number of anilines is 1. The molecule has 3 rings (SSSR count). The van der Waals surface area contributed by atoms with E-state index in [2.05, 4.69) is 15.3 Å². The maximum absolute atomic E-state index is 12.2. The van der Waals surface area contributed by atoms with Crippen LogP contribution < -0.4 is 5.32 Å². The van der Waals surface area contributed by atoms with Crippen LogP contribution in [0.2, 0.25) is 0 Å². The van der Waals surface area contributed by atoms with E-state index >= 15 is 0 Å². The van der Waals surface area contributed by atoms with Crippen molar-refractivity contribution in [1.29, 1.82) is 0 Å². The Labute approximate surface area is 135 Å². The van der Waals surface area contributed by atoms with Gasteiger partial charge in [0.25, 0.3) is 0 Å². The SMILES string of the molecule is CCC(CC)C(=O)Nc1cccc(-c2cn3cccnc3n2)c1. The standard InChI is InChI=1S/C18H20N4O/c1-3-13(4-2)17(23)20-15-8-5-7-14(11-15)16-12-22-10-6-9-19-18(22)21-16/h5-13H,3-4H2,1-2H3,(H,20,23). The summed E-state index contributed by atoms with van der Waals surface area (Å²) in [6.07, 6.45) is 7.26. The van der Waals surface area contributed by atoms with Crippen LogP contribution in [0.3, 0.4) is 0 Å². The molecule has 1 amide bonds. The van der Waals surface area contributed by atoms with Gasteiger partial charge < -0.3 is 5.32 Å². The fraction of sp³-hybridized carbons (Fsp3) is 0.278. The molecule has 23 heavy (non-hydrogen) atoms. The van der Waals surface area contributed by atoms with Crippen LogP contribution in [0, 0.1) is 5.92 Å². The summed E-state index contributed by atoms with van der Waals surface area (Å²) < 4.78 is 1.88. The lowest BCUT2D eigenvalue weighted by molar-refractivity contribution is -0.120. The molecule has 0 spiro atoms. The normalized spacial score (nSPS) is 11.1. The van der Waals surface area contributed by atoms with Gasteiger partial charge in [0.15, 0.2) is 0 Å². The summed E-state index contributed by atoms with van der Waals surface area (Å²) in [6, 6.07) is 9.62. The van der Waals surface area contributed by atoms with Crippen molar-refractivity contribution >= 4 is 17.4 Å². The van der Waals surface area contributed by atoms with Gasteiger partial charge in [-0.3, -0.25) is 9.20 Å². The van der Waals surface area contributed by atoms with E-state index in [1.165, 1.54) is 0 Å². The van der Waals surface area contributed by atoms with Crippen LogP contribution in [-0.2, 0) is 4.79 Å². The molecule has 5 heteroatoms. The van der Waals surface area contributed by atoms with E-state index in [-0.39, 0.29) is 11.8 Å². The highest BCUT2D eigenvalue weighted by molar-refractivity contribution is 5.93. The van der Waals surface area contributed by atoms with Crippen LogP contribution in [0.25, 0.3) is 17.0 Å². The topological polar surface area (TPSA) is 59.3 Å². The van der Waals surface area contributed by atoms with E-state index < -0.39 is 0 Å². The first-order valence-electron chi connectivity index (χ1n) is 7.92. The molecule has 0 saturated carbocycles. The molecular formula is C18H20N4O. The third kappa shape index (κ3) is 3.23. The van der Waals surface area contributed by atoms with Crippen molar-refractivity contribution in [3.8, 4) is 11.3 Å². The van der Waals surface area contributed by atoms with Gasteiger partial charge in [-0.15, -0.1) is 0 Å². The Bertz CT molecular complexity index is 788. The monoisotopic (exact) mass is 308 g/mol. The summed E-state index contributed by atoms with van der Waals surface area (Å²) in [4.78, 5) is 21.0. The summed E-state index contributed by atoms with van der Waals surface area (Å²) >= 11 is 0. The van der Waals surface area contributed by atoms with Crippen molar-refractivity contribution in [2.75, 3.05) is 5.32 Å². The lowest BCUT2D eigenvalue weighted by Crippen LogP contribution is -2.21. The number of carbonyl (C=O) groups is 1. The zero-order chi connectivity index (χ0) is 16.2. The summed E-state index contributed by atoms with van der Waals surface area (Å²) in [7, 11) is 0. The molecule has 0 saturated heterocycles. The number of nitrogens with one attached hydrogen (secondary N) is 1. The molecule has 2 aromatic heterocycles. The average molecular weight is 308 g/mol. The number of hydrogen-bond acceptors (Lipinski definition) is 3. The highest BCUT2D eigenvalue weighted by atomic mass is 16.1. The van der Waals surface area contributed by atoms with E-state index in [4.69, 9.17) is 0 Å². The Morgan fingerprint density at radius 1 is 1.26 bits per heavy atom. The van der Waals surface area contributed by atoms with E-state index in [1.54, 1.807) is 6.20 Å². The third-order valence-electron chi connectivity index (χ3n) is 4.02. The second-order valence-corrected chi connectivity index (χ2v) is 5.54.